The third kappa shape index (κ3) is 2.19. The predicted molar refractivity (Wildman–Crippen MR) is 58.0 cm³/mol. The van der Waals surface area contributed by atoms with E-state index in [0.29, 0.717) is 17.9 Å². The van der Waals surface area contributed by atoms with Crippen molar-refractivity contribution in [2.24, 2.45) is 0 Å². The van der Waals surface area contributed by atoms with Gasteiger partial charge in [-0.3, -0.25) is 0 Å². The van der Waals surface area contributed by atoms with Gasteiger partial charge in [0.1, 0.15) is 17.2 Å². The van der Waals surface area contributed by atoms with E-state index in [9.17, 15) is 8.78 Å². The Hall–Kier alpha value is -1.49. The van der Waals surface area contributed by atoms with Gasteiger partial charge < -0.3 is 10.3 Å². The van der Waals surface area contributed by atoms with Crippen molar-refractivity contribution >= 4 is 11.0 Å². The fraction of sp³-hybridized carbons (Fsp3) is 0.364. The maximum Gasteiger partial charge on any atom is 0.153 e. The Labute approximate surface area is 91.9 Å². The van der Waals surface area contributed by atoms with Gasteiger partial charge in [-0.05, 0) is 19.0 Å². The molecule has 0 bridgehead atoms. The summed E-state index contributed by atoms with van der Waals surface area (Å²) in [6, 6.07) is 2.08. The summed E-state index contributed by atoms with van der Waals surface area (Å²) in [7, 11) is 0. The standard InChI is InChI=1S/C11H13F2N3/c1-2-3-14-6-10-15-9-5-7(12)4-8(13)11(9)16-10/h4-5,14H,2-3,6H2,1H3,(H,15,16). The summed E-state index contributed by atoms with van der Waals surface area (Å²) in [4.78, 5) is 6.95. The average molecular weight is 225 g/mol. The first-order valence-corrected chi connectivity index (χ1v) is 5.25. The van der Waals surface area contributed by atoms with Gasteiger partial charge in [-0.25, -0.2) is 13.8 Å². The van der Waals surface area contributed by atoms with Crippen molar-refractivity contribution in [2.45, 2.75) is 19.9 Å². The third-order valence-corrected chi connectivity index (χ3v) is 2.27. The molecule has 0 unspecified atom stereocenters. The minimum absolute atomic E-state index is 0.190. The maximum atomic E-state index is 13.3. The molecule has 0 aliphatic rings. The molecular weight excluding hydrogens is 212 g/mol. The van der Waals surface area contributed by atoms with E-state index in [1.165, 1.54) is 6.07 Å². The van der Waals surface area contributed by atoms with Crippen LogP contribution in [0.15, 0.2) is 12.1 Å². The topological polar surface area (TPSA) is 40.7 Å². The first kappa shape index (κ1) is 11.0. The Bertz CT molecular complexity index is 493. The zero-order chi connectivity index (χ0) is 11.5. The molecule has 2 rings (SSSR count). The summed E-state index contributed by atoms with van der Waals surface area (Å²) in [6.45, 7) is 3.46. The van der Waals surface area contributed by atoms with Gasteiger partial charge in [-0.2, -0.15) is 0 Å². The number of hydrogen-bond acceptors (Lipinski definition) is 2. The number of aromatic nitrogens is 2. The largest absolute Gasteiger partial charge is 0.341 e. The smallest absolute Gasteiger partial charge is 0.153 e. The highest BCUT2D eigenvalue weighted by Crippen LogP contribution is 2.17. The lowest BCUT2D eigenvalue weighted by molar-refractivity contribution is 0.590. The maximum absolute atomic E-state index is 13.3. The molecule has 1 aromatic carbocycles. The molecule has 0 radical (unpaired) electrons. The molecule has 3 nitrogen and oxygen atoms in total. The zero-order valence-electron chi connectivity index (χ0n) is 8.98. The van der Waals surface area contributed by atoms with Crippen molar-refractivity contribution in [1.29, 1.82) is 0 Å². The first-order chi connectivity index (χ1) is 7.70. The summed E-state index contributed by atoms with van der Waals surface area (Å²) >= 11 is 0. The molecule has 2 aromatic rings. The van der Waals surface area contributed by atoms with Crippen molar-refractivity contribution in [3.63, 3.8) is 0 Å². The van der Waals surface area contributed by atoms with Crippen LogP contribution >= 0.6 is 0 Å². The number of imidazole rings is 1. The fourth-order valence-electron chi connectivity index (χ4n) is 1.56. The van der Waals surface area contributed by atoms with Gasteiger partial charge in [0.05, 0.1) is 12.1 Å². The van der Waals surface area contributed by atoms with E-state index in [1.807, 2.05) is 0 Å². The van der Waals surface area contributed by atoms with Crippen molar-refractivity contribution < 1.29 is 8.78 Å². The number of nitrogens with zero attached hydrogens (tertiary/aromatic N) is 1. The van der Waals surface area contributed by atoms with E-state index in [2.05, 4.69) is 22.2 Å². The van der Waals surface area contributed by atoms with Gasteiger partial charge in [0.15, 0.2) is 5.82 Å². The van der Waals surface area contributed by atoms with E-state index < -0.39 is 11.6 Å². The van der Waals surface area contributed by atoms with E-state index >= 15 is 0 Å². The Morgan fingerprint density at radius 2 is 2.19 bits per heavy atom. The lowest BCUT2D eigenvalue weighted by atomic mass is 10.3. The van der Waals surface area contributed by atoms with Crippen molar-refractivity contribution in [1.82, 2.24) is 15.3 Å². The molecule has 0 saturated heterocycles. The molecule has 16 heavy (non-hydrogen) atoms. The van der Waals surface area contributed by atoms with E-state index in [-0.39, 0.29) is 5.52 Å². The summed E-state index contributed by atoms with van der Waals surface area (Å²) in [6.07, 6.45) is 1.02. The monoisotopic (exact) mass is 225 g/mol. The summed E-state index contributed by atoms with van der Waals surface area (Å²) in [5, 5.41) is 3.14. The van der Waals surface area contributed by atoms with Gasteiger partial charge in [-0.1, -0.05) is 6.92 Å². The molecule has 86 valence electrons. The highest BCUT2D eigenvalue weighted by molar-refractivity contribution is 5.75. The summed E-state index contributed by atoms with van der Waals surface area (Å²) in [5.74, 6) is -0.609. The highest BCUT2D eigenvalue weighted by atomic mass is 19.1. The minimum atomic E-state index is -0.631. The average Bonchev–Trinajstić information content (AvgIpc) is 2.61. The van der Waals surface area contributed by atoms with Crippen LogP contribution in [-0.4, -0.2) is 16.5 Å². The number of benzene rings is 1. The molecule has 0 atom stereocenters. The van der Waals surface area contributed by atoms with Crippen LogP contribution in [-0.2, 0) is 6.54 Å². The van der Waals surface area contributed by atoms with Crippen LogP contribution in [0.4, 0.5) is 8.78 Å². The number of fused-ring (bicyclic) bond motifs is 1. The second-order valence-corrected chi connectivity index (χ2v) is 3.64. The molecule has 0 aliphatic heterocycles. The van der Waals surface area contributed by atoms with Crippen LogP contribution < -0.4 is 5.32 Å². The van der Waals surface area contributed by atoms with Crippen LogP contribution in [0.2, 0.25) is 0 Å². The van der Waals surface area contributed by atoms with Crippen LogP contribution in [0.1, 0.15) is 19.2 Å². The second-order valence-electron chi connectivity index (χ2n) is 3.64. The molecule has 0 saturated carbocycles. The lowest BCUT2D eigenvalue weighted by Gasteiger charge is -1.97. The Balaban J connectivity index is 2.26. The van der Waals surface area contributed by atoms with E-state index in [1.54, 1.807) is 0 Å². The van der Waals surface area contributed by atoms with Crippen LogP contribution in [0, 0.1) is 11.6 Å². The Morgan fingerprint density at radius 1 is 1.38 bits per heavy atom. The van der Waals surface area contributed by atoms with Crippen LogP contribution in [0.5, 0.6) is 0 Å². The van der Waals surface area contributed by atoms with Gasteiger partial charge in [0.25, 0.3) is 0 Å². The number of H-pyrrole nitrogens is 1. The van der Waals surface area contributed by atoms with Gasteiger partial charge in [-0.15, -0.1) is 0 Å². The third-order valence-electron chi connectivity index (χ3n) is 2.27. The Kier molecular flexibility index (Phi) is 3.14. The fourth-order valence-corrected chi connectivity index (χ4v) is 1.56. The first-order valence-electron chi connectivity index (χ1n) is 5.25. The number of nitrogens with one attached hydrogen (secondary N) is 2. The van der Waals surface area contributed by atoms with Crippen LogP contribution in [0.25, 0.3) is 11.0 Å². The second kappa shape index (κ2) is 4.57. The number of hydrogen-bond donors (Lipinski definition) is 2. The molecular formula is C11H13F2N3. The van der Waals surface area contributed by atoms with Gasteiger partial charge in [0, 0.05) is 6.07 Å². The molecule has 0 fully saturated rings. The van der Waals surface area contributed by atoms with E-state index in [0.717, 1.165) is 19.0 Å². The summed E-state index contributed by atoms with van der Waals surface area (Å²) < 4.78 is 26.2. The quantitative estimate of drug-likeness (QED) is 0.784. The SMILES string of the molecule is CCCNCc1nc2c(F)cc(F)cc2[nH]1. The molecule has 1 aromatic heterocycles. The van der Waals surface area contributed by atoms with Crippen molar-refractivity contribution in [3.8, 4) is 0 Å². The molecule has 0 spiro atoms. The molecule has 0 aliphatic carbocycles. The van der Waals surface area contributed by atoms with Crippen LogP contribution in [0.3, 0.4) is 0 Å². The molecule has 0 amide bonds. The summed E-state index contributed by atoms with van der Waals surface area (Å²) in [5.41, 5.74) is 0.584. The van der Waals surface area contributed by atoms with Crippen molar-refractivity contribution in [2.75, 3.05) is 6.54 Å². The van der Waals surface area contributed by atoms with E-state index in [4.69, 9.17) is 0 Å². The molecule has 5 heteroatoms. The lowest BCUT2D eigenvalue weighted by Crippen LogP contribution is -2.14. The zero-order valence-corrected chi connectivity index (χ0v) is 8.98. The van der Waals surface area contributed by atoms with Gasteiger partial charge >= 0.3 is 0 Å². The number of aromatic amines is 1. The van der Waals surface area contributed by atoms with Crippen molar-refractivity contribution in [3.05, 3.63) is 29.6 Å². The number of halogens is 2. The highest BCUT2D eigenvalue weighted by Gasteiger charge is 2.09. The molecule has 2 N–H and O–H groups in total. The minimum Gasteiger partial charge on any atom is -0.341 e. The van der Waals surface area contributed by atoms with Gasteiger partial charge in [0.2, 0.25) is 0 Å². The normalized spacial score (nSPS) is 11.2. The number of rotatable bonds is 4. The molecule has 1 heterocycles. The Morgan fingerprint density at radius 3 is 2.94 bits per heavy atom. The predicted octanol–water partition coefficient (Wildman–Crippen LogP) is 2.34.